The zero-order valence-electron chi connectivity index (χ0n) is 10.8. The quantitative estimate of drug-likeness (QED) is 0.804. The topological polar surface area (TPSA) is 72.5 Å². The maximum atomic E-state index is 11.6. The fourth-order valence-electron chi connectivity index (χ4n) is 1.56. The minimum absolute atomic E-state index is 0.00225. The molecule has 0 aromatic heterocycles. The minimum atomic E-state index is -3.36. The molecule has 0 aliphatic heterocycles. The van der Waals surface area contributed by atoms with Crippen LogP contribution in [0.3, 0.4) is 0 Å². The first-order valence-electron chi connectivity index (χ1n) is 5.70. The van der Waals surface area contributed by atoms with E-state index in [1.54, 1.807) is 19.1 Å². The lowest BCUT2D eigenvalue weighted by atomic mass is 10.2. The third-order valence-corrected chi connectivity index (χ3v) is 3.89. The van der Waals surface area contributed by atoms with E-state index in [2.05, 4.69) is 5.32 Å². The average Bonchev–Trinajstić information content (AvgIpc) is 2.30. The number of sulfone groups is 1. The van der Waals surface area contributed by atoms with Crippen molar-refractivity contribution in [3.63, 3.8) is 0 Å². The van der Waals surface area contributed by atoms with Gasteiger partial charge < -0.3 is 10.1 Å². The van der Waals surface area contributed by atoms with Gasteiger partial charge in [-0.25, -0.2) is 8.42 Å². The Kier molecular flexibility index (Phi) is 5.78. The molecular formula is C12H16ClNO4S. The van der Waals surface area contributed by atoms with Crippen LogP contribution >= 0.6 is 11.6 Å². The van der Waals surface area contributed by atoms with Crippen molar-refractivity contribution in [2.75, 3.05) is 19.4 Å². The molecule has 1 N–H and O–H groups in total. The van der Waals surface area contributed by atoms with Crippen LogP contribution in [-0.2, 0) is 25.9 Å². The molecule has 106 valence electrons. The standard InChI is InChI=1S/C12H16ClNO4S/c1-3-18-12(15)8-14-7-9-10(13)5-4-6-11(9)19(2,16)17/h4-6,14H,3,7-8H2,1-2H3. The third-order valence-electron chi connectivity index (χ3n) is 2.35. The van der Waals surface area contributed by atoms with E-state index in [9.17, 15) is 13.2 Å². The van der Waals surface area contributed by atoms with Crippen molar-refractivity contribution in [2.45, 2.75) is 18.4 Å². The summed E-state index contributed by atoms with van der Waals surface area (Å²) in [7, 11) is -3.36. The fourth-order valence-corrected chi connectivity index (χ4v) is 2.81. The predicted molar refractivity (Wildman–Crippen MR) is 72.9 cm³/mol. The second-order valence-corrected chi connectivity index (χ2v) is 6.29. The highest BCUT2D eigenvalue weighted by molar-refractivity contribution is 7.90. The molecular weight excluding hydrogens is 290 g/mol. The van der Waals surface area contributed by atoms with E-state index in [0.717, 1.165) is 6.26 Å². The van der Waals surface area contributed by atoms with Crippen LogP contribution in [0.15, 0.2) is 23.1 Å². The lowest BCUT2D eigenvalue weighted by Crippen LogP contribution is -2.25. The highest BCUT2D eigenvalue weighted by Gasteiger charge is 2.15. The third kappa shape index (κ3) is 4.81. The molecule has 19 heavy (non-hydrogen) atoms. The Morgan fingerprint density at radius 2 is 2.11 bits per heavy atom. The van der Waals surface area contributed by atoms with Gasteiger partial charge in [-0.3, -0.25) is 4.79 Å². The molecule has 0 aliphatic rings. The summed E-state index contributed by atoms with van der Waals surface area (Å²) >= 11 is 5.99. The first-order chi connectivity index (χ1) is 8.86. The van der Waals surface area contributed by atoms with E-state index >= 15 is 0 Å². The first-order valence-corrected chi connectivity index (χ1v) is 7.97. The molecule has 1 aromatic rings. The van der Waals surface area contributed by atoms with Crippen LogP contribution in [0, 0.1) is 0 Å². The Morgan fingerprint density at radius 1 is 1.42 bits per heavy atom. The van der Waals surface area contributed by atoms with Crippen molar-refractivity contribution in [2.24, 2.45) is 0 Å². The van der Waals surface area contributed by atoms with E-state index in [1.807, 2.05) is 0 Å². The zero-order valence-corrected chi connectivity index (χ0v) is 12.3. The van der Waals surface area contributed by atoms with Gasteiger partial charge in [-0.1, -0.05) is 17.7 Å². The molecule has 0 saturated heterocycles. The van der Waals surface area contributed by atoms with Crippen LogP contribution in [0.2, 0.25) is 5.02 Å². The van der Waals surface area contributed by atoms with Gasteiger partial charge in [0.2, 0.25) is 0 Å². The van der Waals surface area contributed by atoms with E-state index in [0.29, 0.717) is 17.2 Å². The summed E-state index contributed by atoms with van der Waals surface area (Å²) in [6.07, 6.45) is 1.12. The Morgan fingerprint density at radius 3 is 2.68 bits per heavy atom. The summed E-state index contributed by atoms with van der Waals surface area (Å²) in [6.45, 7) is 2.21. The van der Waals surface area contributed by atoms with Crippen molar-refractivity contribution >= 4 is 27.4 Å². The lowest BCUT2D eigenvalue weighted by molar-refractivity contribution is -0.142. The number of carbonyl (C=O) groups excluding carboxylic acids is 1. The van der Waals surface area contributed by atoms with Gasteiger partial charge in [0.1, 0.15) is 0 Å². The molecule has 0 bridgehead atoms. The zero-order chi connectivity index (χ0) is 14.5. The molecule has 0 spiro atoms. The van der Waals surface area contributed by atoms with Gasteiger partial charge in [0.25, 0.3) is 0 Å². The Bertz CT molecular complexity index is 557. The van der Waals surface area contributed by atoms with Gasteiger partial charge in [-0.15, -0.1) is 0 Å². The van der Waals surface area contributed by atoms with Gasteiger partial charge in [0, 0.05) is 23.4 Å². The summed E-state index contributed by atoms with van der Waals surface area (Å²) in [4.78, 5) is 11.3. The van der Waals surface area contributed by atoms with Crippen LogP contribution in [0.25, 0.3) is 0 Å². The van der Waals surface area contributed by atoms with Crippen molar-refractivity contribution in [1.29, 1.82) is 0 Å². The number of esters is 1. The normalized spacial score (nSPS) is 11.3. The van der Waals surface area contributed by atoms with E-state index in [-0.39, 0.29) is 18.0 Å². The van der Waals surface area contributed by atoms with E-state index in [1.165, 1.54) is 6.07 Å². The summed E-state index contributed by atoms with van der Waals surface area (Å²) in [5.41, 5.74) is 0.455. The summed E-state index contributed by atoms with van der Waals surface area (Å²) in [6, 6.07) is 4.67. The second-order valence-electron chi connectivity index (χ2n) is 3.90. The molecule has 0 amide bonds. The summed E-state index contributed by atoms with van der Waals surface area (Å²) in [5, 5.41) is 3.16. The van der Waals surface area contributed by atoms with Crippen LogP contribution in [0.1, 0.15) is 12.5 Å². The summed E-state index contributed by atoms with van der Waals surface area (Å²) in [5.74, 6) is -0.393. The van der Waals surface area contributed by atoms with Gasteiger partial charge in [0.15, 0.2) is 9.84 Å². The summed E-state index contributed by atoms with van der Waals surface area (Å²) < 4.78 is 28.0. The van der Waals surface area contributed by atoms with Crippen LogP contribution in [0.5, 0.6) is 0 Å². The van der Waals surface area contributed by atoms with Crippen molar-refractivity contribution < 1.29 is 17.9 Å². The molecule has 0 radical (unpaired) electrons. The molecule has 0 unspecified atom stereocenters. The maximum Gasteiger partial charge on any atom is 0.319 e. The molecule has 0 saturated carbocycles. The van der Waals surface area contributed by atoms with Crippen LogP contribution in [0.4, 0.5) is 0 Å². The van der Waals surface area contributed by atoms with Crippen molar-refractivity contribution in [1.82, 2.24) is 5.32 Å². The van der Waals surface area contributed by atoms with Crippen molar-refractivity contribution in [3.05, 3.63) is 28.8 Å². The molecule has 7 heteroatoms. The first kappa shape index (κ1) is 15.9. The van der Waals surface area contributed by atoms with Gasteiger partial charge in [-0.2, -0.15) is 0 Å². The predicted octanol–water partition coefficient (Wildman–Crippen LogP) is 1.40. The number of carbonyl (C=O) groups is 1. The number of hydrogen-bond acceptors (Lipinski definition) is 5. The largest absolute Gasteiger partial charge is 0.465 e. The number of nitrogens with one attached hydrogen (secondary N) is 1. The van der Waals surface area contributed by atoms with Gasteiger partial charge in [-0.05, 0) is 19.1 Å². The molecule has 1 rings (SSSR count). The second kappa shape index (κ2) is 6.88. The molecule has 1 aromatic carbocycles. The number of halogens is 1. The number of ether oxygens (including phenoxy) is 1. The highest BCUT2D eigenvalue weighted by Crippen LogP contribution is 2.23. The Hall–Kier alpha value is -1.11. The van der Waals surface area contributed by atoms with Gasteiger partial charge >= 0.3 is 5.97 Å². The number of benzene rings is 1. The monoisotopic (exact) mass is 305 g/mol. The van der Waals surface area contributed by atoms with E-state index in [4.69, 9.17) is 16.3 Å². The Labute approximate surface area is 117 Å². The number of hydrogen-bond donors (Lipinski definition) is 1. The molecule has 0 fully saturated rings. The minimum Gasteiger partial charge on any atom is -0.465 e. The maximum absolute atomic E-state index is 11.6. The SMILES string of the molecule is CCOC(=O)CNCc1c(Cl)cccc1S(C)(=O)=O. The van der Waals surface area contributed by atoms with Crippen LogP contribution in [-0.4, -0.2) is 33.8 Å². The Balaban J connectivity index is 2.81. The molecule has 5 nitrogen and oxygen atoms in total. The van der Waals surface area contributed by atoms with Crippen molar-refractivity contribution in [3.8, 4) is 0 Å². The highest BCUT2D eigenvalue weighted by atomic mass is 35.5. The van der Waals surface area contributed by atoms with Gasteiger partial charge in [0.05, 0.1) is 18.0 Å². The fraction of sp³-hybridized carbons (Fsp3) is 0.417. The van der Waals surface area contributed by atoms with E-state index < -0.39 is 15.8 Å². The smallest absolute Gasteiger partial charge is 0.319 e. The average molecular weight is 306 g/mol. The molecule has 0 heterocycles. The molecule has 0 aliphatic carbocycles. The molecule has 0 atom stereocenters. The number of rotatable bonds is 6. The lowest BCUT2D eigenvalue weighted by Gasteiger charge is -2.11. The van der Waals surface area contributed by atoms with Crippen LogP contribution < -0.4 is 5.32 Å².